The number of hydrogen-bond acceptors (Lipinski definition) is 4. The number of nitrogens with zero attached hydrogens (tertiary/aromatic N) is 1. The number of carbonyl (C=O) groups excluding carboxylic acids is 2. The molecule has 3 rings (SSSR count). The van der Waals surface area contributed by atoms with Crippen molar-refractivity contribution in [2.24, 2.45) is 0 Å². The molecular formula is C24H30N2O4. The first-order valence-electron chi connectivity index (χ1n) is 10.4. The van der Waals surface area contributed by atoms with Gasteiger partial charge >= 0.3 is 0 Å². The predicted octanol–water partition coefficient (Wildman–Crippen LogP) is 2.99. The van der Waals surface area contributed by atoms with Crippen molar-refractivity contribution in [2.75, 3.05) is 27.3 Å². The van der Waals surface area contributed by atoms with Crippen molar-refractivity contribution in [3.05, 3.63) is 59.7 Å². The van der Waals surface area contributed by atoms with Gasteiger partial charge in [-0.25, -0.2) is 0 Å². The molecule has 2 aromatic carbocycles. The molecule has 0 bridgehead atoms. The number of rotatable bonds is 8. The molecule has 6 heteroatoms. The molecule has 0 radical (unpaired) electrons. The van der Waals surface area contributed by atoms with Crippen LogP contribution in [0.4, 0.5) is 0 Å². The number of amides is 2. The van der Waals surface area contributed by atoms with E-state index in [1.54, 1.807) is 14.2 Å². The summed E-state index contributed by atoms with van der Waals surface area (Å²) in [6, 6.07) is 15.6. The maximum absolute atomic E-state index is 12.6. The van der Waals surface area contributed by atoms with E-state index in [4.69, 9.17) is 9.47 Å². The lowest BCUT2D eigenvalue weighted by molar-refractivity contribution is -0.132. The van der Waals surface area contributed by atoms with E-state index in [2.05, 4.69) is 5.32 Å². The summed E-state index contributed by atoms with van der Waals surface area (Å²) in [4.78, 5) is 26.7. The first-order chi connectivity index (χ1) is 14.6. The van der Waals surface area contributed by atoms with Crippen molar-refractivity contribution in [3.8, 4) is 11.5 Å². The van der Waals surface area contributed by atoms with Crippen LogP contribution in [0.2, 0.25) is 0 Å². The molecule has 1 aliphatic heterocycles. The fourth-order valence-corrected chi connectivity index (χ4v) is 3.78. The second-order valence-electron chi connectivity index (χ2n) is 7.57. The normalized spacial score (nSPS) is 14.3. The van der Waals surface area contributed by atoms with Crippen LogP contribution in [0.5, 0.6) is 11.5 Å². The molecule has 2 amide bonds. The van der Waals surface area contributed by atoms with Crippen molar-refractivity contribution < 1.29 is 19.1 Å². The Morgan fingerprint density at radius 3 is 2.33 bits per heavy atom. The van der Waals surface area contributed by atoms with Gasteiger partial charge in [-0.3, -0.25) is 9.59 Å². The van der Waals surface area contributed by atoms with Crippen LogP contribution in [-0.2, 0) is 22.4 Å². The second-order valence-corrected chi connectivity index (χ2v) is 7.57. The highest BCUT2D eigenvalue weighted by Gasteiger charge is 2.23. The molecule has 1 N–H and O–H groups in total. The zero-order chi connectivity index (χ0) is 21.3. The van der Waals surface area contributed by atoms with E-state index in [0.717, 1.165) is 24.0 Å². The maximum atomic E-state index is 12.6. The molecule has 0 aromatic heterocycles. The highest BCUT2D eigenvalue weighted by molar-refractivity contribution is 5.79. The first kappa shape index (κ1) is 21.7. The minimum Gasteiger partial charge on any atom is -0.493 e. The zero-order valence-corrected chi connectivity index (χ0v) is 17.7. The summed E-state index contributed by atoms with van der Waals surface area (Å²) >= 11 is 0. The molecule has 0 aliphatic carbocycles. The largest absolute Gasteiger partial charge is 0.493 e. The van der Waals surface area contributed by atoms with Crippen molar-refractivity contribution in [3.63, 3.8) is 0 Å². The van der Waals surface area contributed by atoms with Gasteiger partial charge < -0.3 is 19.7 Å². The molecule has 0 atom stereocenters. The third-order valence-corrected chi connectivity index (χ3v) is 5.50. The van der Waals surface area contributed by atoms with Crippen molar-refractivity contribution in [1.82, 2.24) is 10.2 Å². The van der Waals surface area contributed by atoms with Gasteiger partial charge in [0.2, 0.25) is 11.8 Å². The van der Waals surface area contributed by atoms with E-state index < -0.39 is 0 Å². The fourth-order valence-electron chi connectivity index (χ4n) is 3.78. The third kappa shape index (κ3) is 5.99. The van der Waals surface area contributed by atoms with Crippen molar-refractivity contribution >= 4 is 11.8 Å². The topological polar surface area (TPSA) is 67.9 Å². The number of hydrogen-bond donors (Lipinski definition) is 1. The molecule has 0 unspecified atom stereocenters. The Kier molecular flexibility index (Phi) is 7.71. The number of likely N-dealkylation sites (tertiary alicyclic amines) is 1. The van der Waals surface area contributed by atoms with Crippen LogP contribution in [0.25, 0.3) is 0 Å². The number of piperidine rings is 1. The predicted molar refractivity (Wildman–Crippen MR) is 116 cm³/mol. The Hall–Kier alpha value is -3.02. The number of nitrogens with one attached hydrogen (secondary N) is 1. The van der Waals surface area contributed by atoms with E-state index in [9.17, 15) is 9.59 Å². The summed E-state index contributed by atoms with van der Waals surface area (Å²) in [6.45, 7) is 1.36. The third-order valence-electron chi connectivity index (χ3n) is 5.50. The van der Waals surface area contributed by atoms with E-state index in [1.807, 2.05) is 53.4 Å². The van der Waals surface area contributed by atoms with Gasteiger partial charge in [0.15, 0.2) is 11.5 Å². The molecule has 6 nitrogen and oxygen atoms in total. The Morgan fingerprint density at radius 1 is 0.967 bits per heavy atom. The molecule has 0 spiro atoms. The van der Waals surface area contributed by atoms with E-state index in [0.29, 0.717) is 43.9 Å². The fraction of sp³-hybridized carbons (Fsp3) is 0.417. The summed E-state index contributed by atoms with van der Waals surface area (Å²) in [5.74, 6) is 1.55. The summed E-state index contributed by atoms with van der Waals surface area (Å²) in [6.07, 6.45) is 3.10. The minimum absolute atomic E-state index is 0.0411. The van der Waals surface area contributed by atoms with Gasteiger partial charge in [0.25, 0.3) is 0 Å². The number of aryl methyl sites for hydroxylation is 1. The number of carbonyl (C=O) groups is 2. The van der Waals surface area contributed by atoms with Gasteiger partial charge in [-0.2, -0.15) is 0 Å². The SMILES string of the molecule is COc1ccc(CCC(=O)N2CCC(NC(=O)Cc3ccccc3)CC2)cc1OC. The Bertz CT molecular complexity index is 846. The standard InChI is InChI=1S/C24H30N2O4/c1-29-21-10-8-19(16-22(21)30-2)9-11-24(28)26-14-12-20(13-15-26)25-23(27)17-18-6-4-3-5-7-18/h3-8,10,16,20H,9,11-15,17H2,1-2H3,(H,25,27). The second kappa shape index (κ2) is 10.7. The number of ether oxygens (including phenoxy) is 2. The van der Waals surface area contributed by atoms with E-state index in [1.165, 1.54) is 0 Å². The lowest BCUT2D eigenvalue weighted by atomic mass is 10.0. The molecular weight excluding hydrogens is 380 g/mol. The molecule has 30 heavy (non-hydrogen) atoms. The van der Waals surface area contributed by atoms with Crippen LogP contribution in [0.1, 0.15) is 30.4 Å². The van der Waals surface area contributed by atoms with Gasteiger partial charge in [-0.1, -0.05) is 36.4 Å². The van der Waals surface area contributed by atoms with Gasteiger partial charge in [-0.15, -0.1) is 0 Å². The quantitative estimate of drug-likeness (QED) is 0.727. The van der Waals surface area contributed by atoms with Crippen LogP contribution in [0, 0.1) is 0 Å². The van der Waals surface area contributed by atoms with Gasteiger partial charge in [0, 0.05) is 25.6 Å². The molecule has 1 saturated heterocycles. The van der Waals surface area contributed by atoms with Crippen LogP contribution < -0.4 is 14.8 Å². The molecule has 0 saturated carbocycles. The lowest BCUT2D eigenvalue weighted by Gasteiger charge is -2.32. The Labute approximate surface area is 178 Å². The molecule has 1 aliphatic rings. The number of methoxy groups -OCH3 is 2. The van der Waals surface area contributed by atoms with Gasteiger partial charge in [0.05, 0.1) is 20.6 Å². The minimum atomic E-state index is 0.0411. The van der Waals surface area contributed by atoms with Crippen LogP contribution >= 0.6 is 0 Å². The average Bonchev–Trinajstić information content (AvgIpc) is 2.78. The average molecular weight is 411 g/mol. The molecule has 2 aromatic rings. The van der Waals surface area contributed by atoms with Gasteiger partial charge in [-0.05, 0) is 42.5 Å². The highest BCUT2D eigenvalue weighted by atomic mass is 16.5. The summed E-state index contributed by atoms with van der Waals surface area (Å²) in [7, 11) is 3.21. The molecule has 1 heterocycles. The monoisotopic (exact) mass is 410 g/mol. The van der Waals surface area contributed by atoms with Crippen LogP contribution in [0.15, 0.2) is 48.5 Å². The smallest absolute Gasteiger partial charge is 0.224 e. The summed E-state index contributed by atoms with van der Waals surface area (Å²) in [5.41, 5.74) is 2.06. The molecule has 160 valence electrons. The van der Waals surface area contributed by atoms with Crippen molar-refractivity contribution in [1.29, 1.82) is 0 Å². The maximum Gasteiger partial charge on any atom is 0.224 e. The Balaban J connectivity index is 1.41. The molecule has 1 fully saturated rings. The van der Waals surface area contributed by atoms with Gasteiger partial charge in [0.1, 0.15) is 0 Å². The zero-order valence-electron chi connectivity index (χ0n) is 17.7. The summed E-state index contributed by atoms with van der Waals surface area (Å²) in [5, 5.41) is 3.11. The van der Waals surface area contributed by atoms with Crippen LogP contribution in [-0.4, -0.2) is 50.1 Å². The summed E-state index contributed by atoms with van der Waals surface area (Å²) < 4.78 is 10.6. The van der Waals surface area contributed by atoms with Crippen molar-refractivity contribution in [2.45, 2.75) is 38.1 Å². The first-order valence-corrected chi connectivity index (χ1v) is 10.4. The lowest BCUT2D eigenvalue weighted by Crippen LogP contribution is -2.46. The van der Waals surface area contributed by atoms with Crippen LogP contribution in [0.3, 0.4) is 0 Å². The van der Waals surface area contributed by atoms with E-state index in [-0.39, 0.29) is 17.9 Å². The highest BCUT2D eigenvalue weighted by Crippen LogP contribution is 2.28. The Morgan fingerprint density at radius 2 is 1.67 bits per heavy atom. The number of benzene rings is 2. The van der Waals surface area contributed by atoms with E-state index >= 15 is 0 Å².